The van der Waals surface area contributed by atoms with Gasteiger partial charge in [0.05, 0.1) is 17.5 Å². The van der Waals surface area contributed by atoms with E-state index in [9.17, 15) is 8.42 Å². The van der Waals surface area contributed by atoms with Crippen LogP contribution in [-0.2, 0) is 16.4 Å². The number of fused-ring (bicyclic) bond motifs is 3. The average Bonchev–Trinajstić information content (AvgIpc) is 3.26. The number of nitrogens with one attached hydrogen (secondary N) is 2. The van der Waals surface area contributed by atoms with E-state index >= 15 is 0 Å². The number of rotatable bonds is 6. The Labute approximate surface area is 153 Å². The molecule has 0 amide bonds. The van der Waals surface area contributed by atoms with Gasteiger partial charge in [0.1, 0.15) is 17.0 Å². The molecule has 8 heteroatoms. The van der Waals surface area contributed by atoms with Crippen LogP contribution in [-0.4, -0.2) is 40.2 Å². The highest BCUT2D eigenvalue weighted by atomic mass is 32.2. The van der Waals surface area contributed by atoms with Gasteiger partial charge in [0.15, 0.2) is 0 Å². The van der Waals surface area contributed by atoms with Crippen LogP contribution in [0.4, 0.5) is 0 Å². The summed E-state index contributed by atoms with van der Waals surface area (Å²) in [5, 5.41) is 1.08. The Kier molecular flexibility index (Phi) is 4.71. The number of aromatic amines is 1. The topological polar surface area (TPSA) is 92.7 Å². The molecule has 7 nitrogen and oxygen atoms in total. The second-order valence-electron chi connectivity index (χ2n) is 6.97. The predicted octanol–water partition coefficient (Wildman–Crippen LogP) is 2.90. The average molecular weight is 375 g/mol. The van der Waals surface area contributed by atoms with Crippen LogP contribution >= 0.6 is 0 Å². The van der Waals surface area contributed by atoms with E-state index in [4.69, 9.17) is 4.98 Å². The molecular formula is C18H25N5O2S. The highest BCUT2D eigenvalue weighted by Gasteiger charge is 2.23. The van der Waals surface area contributed by atoms with Crippen molar-refractivity contribution in [1.82, 2.24) is 24.2 Å². The standard InChI is InChI=1S/C18H25N5O2S/c1-2-26(24,25)21-11-9-16-22-15-12-20-18-14(8-10-19-18)17(15)23(16)13-6-4-3-5-7-13/h8,10,12-13,21H,2-7,9,11H2,1H3,(H,19,20). The van der Waals surface area contributed by atoms with Gasteiger partial charge in [0.25, 0.3) is 0 Å². The van der Waals surface area contributed by atoms with Crippen LogP contribution < -0.4 is 4.72 Å². The van der Waals surface area contributed by atoms with Gasteiger partial charge in [-0.2, -0.15) is 0 Å². The Bertz CT molecular complexity index is 1010. The minimum atomic E-state index is -3.19. The maximum absolute atomic E-state index is 11.7. The molecule has 26 heavy (non-hydrogen) atoms. The number of sulfonamides is 1. The Morgan fingerprint density at radius 2 is 2.12 bits per heavy atom. The largest absolute Gasteiger partial charge is 0.346 e. The van der Waals surface area contributed by atoms with E-state index in [0.717, 1.165) is 40.7 Å². The van der Waals surface area contributed by atoms with Gasteiger partial charge in [0, 0.05) is 30.6 Å². The fraction of sp³-hybridized carbons (Fsp3) is 0.556. The van der Waals surface area contributed by atoms with E-state index in [1.165, 1.54) is 19.3 Å². The van der Waals surface area contributed by atoms with Gasteiger partial charge in [-0.15, -0.1) is 0 Å². The zero-order valence-electron chi connectivity index (χ0n) is 15.0. The van der Waals surface area contributed by atoms with Crippen LogP contribution in [0.5, 0.6) is 0 Å². The molecule has 1 aliphatic carbocycles. The summed E-state index contributed by atoms with van der Waals surface area (Å²) in [4.78, 5) is 12.5. The van der Waals surface area contributed by atoms with Crippen molar-refractivity contribution in [3.05, 3.63) is 24.3 Å². The number of aromatic nitrogens is 4. The van der Waals surface area contributed by atoms with E-state index in [1.807, 2.05) is 12.4 Å². The van der Waals surface area contributed by atoms with E-state index in [-0.39, 0.29) is 5.75 Å². The summed E-state index contributed by atoms with van der Waals surface area (Å²) in [5.41, 5.74) is 2.88. The van der Waals surface area contributed by atoms with Crippen LogP contribution in [0.1, 0.15) is 50.9 Å². The molecule has 140 valence electrons. The van der Waals surface area contributed by atoms with Gasteiger partial charge in [-0.05, 0) is 25.8 Å². The lowest BCUT2D eigenvalue weighted by atomic mass is 9.95. The summed E-state index contributed by atoms with van der Waals surface area (Å²) in [6.07, 6.45) is 10.3. The molecule has 0 spiro atoms. The van der Waals surface area contributed by atoms with Crippen LogP contribution in [0.2, 0.25) is 0 Å². The molecule has 3 heterocycles. The summed E-state index contributed by atoms with van der Waals surface area (Å²) >= 11 is 0. The molecule has 3 aromatic heterocycles. The zero-order chi connectivity index (χ0) is 18.1. The number of pyridine rings is 1. The second kappa shape index (κ2) is 7.00. The molecular weight excluding hydrogens is 350 g/mol. The van der Waals surface area contributed by atoms with Gasteiger partial charge in [-0.3, -0.25) is 0 Å². The normalized spacial score (nSPS) is 16.7. The minimum Gasteiger partial charge on any atom is -0.346 e. The van der Waals surface area contributed by atoms with Crippen LogP contribution in [0.3, 0.4) is 0 Å². The van der Waals surface area contributed by atoms with Crippen LogP contribution in [0, 0.1) is 0 Å². The molecule has 1 aliphatic rings. The number of H-pyrrole nitrogens is 1. The molecule has 0 aromatic carbocycles. The molecule has 4 rings (SSSR count). The first-order valence-electron chi connectivity index (χ1n) is 9.39. The molecule has 0 radical (unpaired) electrons. The SMILES string of the molecule is CCS(=O)(=O)NCCc1nc2cnc3[nH]ccc3c2n1C1CCCCC1. The lowest BCUT2D eigenvalue weighted by Gasteiger charge is -2.26. The maximum Gasteiger partial charge on any atom is 0.211 e. The fourth-order valence-electron chi connectivity index (χ4n) is 3.97. The summed E-state index contributed by atoms with van der Waals surface area (Å²) in [6, 6.07) is 2.47. The van der Waals surface area contributed by atoms with Crippen molar-refractivity contribution < 1.29 is 8.42 Å². The number of hydrogen-bond acceptors (Lipinski definition) is 4. The monoisotopic (exact) mass is 375 g/mol. The highest BCUT2D eigenvalue weighted by molar-refractivity contribution is 7.89. The first kappa shape index (κ1) is 17.5. The lowest BCUT2D eigenvalue weighted by Crippen LogP contribution is -2.28. The number of nitrogens with zero attached hydrogens (tertiary/aromatic N) is 3. The van der Waals surface area contributed by atoms with Crippen molar-refractivity contribution in [2.75, 3.05) is 12.3 Å². The van der Waals surface area contributed by atoms with E-state index < -0.39 is 10.0 Å². The van der Waals surface area contributed by atoms with E-state index in [2.05, 4.69) is 25.3 Å². The predicted molar refractivity (Wildman–Crippen MR) is 103 cm³/mol. The lowest BCUT2D eigenvalue weighted by molar-refractivity contribution is 0.352. The Morgan fingerprint density at radius 3 is 2.88 bits per heavy atom. The quantitative estimate of drug-likeness (QED) is 0.693. The summed E-state index contributed by atoms with van der Waals surface area (Å²) in [7, 11) is -3.19. The smallest absolute Gasteiger partial charge is 0.211 e. The first-order chi connectivity index (χ1) is 12.6. The molecule has 1 fully saturated rings. The Balaban J connectivity index is 1.75. The number of imidazole rings is 1. The molecule has 0 bridgehead atoms. The van der Waals surface area contributed by atoms with Crippen molar-refractivity contribution in [1.29, 1.82) is 0 Å². The molecule has 0 saturated heterocycles. The van der Waals surface area contributed by atoms with Crippen molar-refractivity contribution >= 4 is 32.1 Å². The van der Waals surface area contributed by atoms with Crippen LogP contribution in [0.15, 0.2) is 18.5 Å². The Hall–Kier alpha value is -1.93. The first-order valence-corrected chi connectivity index (χ1v) is 11.0. The molecule has 0 unspecified atom stereocenters. The van der Waals surface area contributed by atoms with Crippen LogP contribution in [0.25, 0.3) is 22.1 Å². The molecule has 0 aliphatic heterocycles. The molecule has 0 atom stereocenters. The summed E-state index contributed by atoms with van der Waals surface area (Å²) < 4.78 is 28.5. The third-order valence-electron chi connectivity index (χ3n) is 5.30. The number of hydrogen-bond donors (Lipinski definition) is 2. The fourth-order valence-corrected chi connectivity index (χ4v) is 4.59. The van der Waals surface area contributed by atoms with E-state index in [1.54, 1.807) is 6.92 Å². The summed E-state index contributed by atoms with van der Waals surface area (Å²) in [6.45, 7) is 2.02. The Morgan fingerprint density at radius 1 is 1.31 bits per heavy atom. The van der Waals surface area contributed by atoms with Crippen molar-refractivity contribution in [3.63, 3.8) is 0 Å². The minimum absolute atomic E-state index is 0.0972. The third kappa shape index (κ3) is 3.23. The van der Waals surface area contributed by atoms with Crippen molar-refractivity contribution in [3.8, 4) is 0 Å². The molecule has 2 N–H and O–H groups in total. The van der Waals surface area contributed by atoms with E-state index in [0.29, 0.717) is 19.0 Å². The van der Waals surface area contributed by atoms with Gasteiger partial charge in [-0.1, -0.05) is 19.3 Å². The van der Waals surface area contributed by atoms with Gasteiger partial charge in [-0.25, -0.2) is 23.1 Å². The van der Waals surface area contributed by atoms with Crippen molar-refractivity contribution in [2.45, 2.75) is 51.5 Å². The van der Waals surface area contributed by atoms with Gasteiger partial charge < -0.3 is 9.55 Å². The molecule has 1 saturated carbocycles. The van der Waals surface area contributed by atoms with Crippen molar-refractivity contribution in [2.24, 2.45) is 0 Å². The zero-order valence-corrected chi connectivity index (χ0v) is 15.8. The maximum atomic E-state index is 11.7. The second-order valence-corrected chi connectivity index (χ2v) is 9.07. The third-order valence-corrected chi connectivity index (χ3v) is 6.70. The molecule has 3 aromatic rings. The van der Waals surface area contributed by atoms with Gasteiger partial charge in [0.2, 0.25) is 10.0 Å². The summed E-state index contributed by atoms with van der Waals surface area (Å²) in [5.74, 6) is 1.04. The highest BCUT2D eigenvalue weighted by Crippen LogP contribution is 2.34. The van der Waals surface area contributed by atoms with Gasteiger partial charge >= 0.3 is 0 Å².